The van der Waals surface area contributed by atoms with E-state index in [1.807, 2.05) is 36.5 Å². The predicted molar refractivity (Wildman–Crippen MR) is 114 cm³/mol. The lowest BCUT2D eigenvalue weighted by Crippen LogP contribution is -2.40. The Morgan fingerprint density at radius 3 is 2.45 bits per heavy atom. The summed E-state index contributed by atoms with van der Waals surface area (Å²) in [4.78, 5) is 7.91. The maximum absolute atomic E-state index is 13.0. The van der Waals surface area contributed by atoms with Crippen LogP contribution in [0.25, 0.3) is 5.69 Å². The van der Waals surface area contributed by atoms with E-state index < -0.39 is 11.7 Å². The molecule has 2 aromatic heterocycles. The molecule has 31 heavy (non-hydrogen) atoms. The molecule has 1 aromatic carbocycles. The molecule has 0 aliphatic carbocycles. The van der Waals surface area contributed by atoms with E-state index in [0.29, 0.717) is 19.0 Å². The van der Waals surface area contributed by atoms with Crippen molar-refractivity contribution in [1.82, 2.24) is 25.4 Å². The van der Waals surface area contributed by atoms with Crippen LogP contribution in [-0.4, -0.2) is 47.4 Å². The van der Waals surface area contributed by atoms with Crippen molar-refractivity contribution in [2.75, 3.05) is 32.0 Å². The summed E-state index contributed by atoms with van der Waals surface area (Å²) in [5, 5.41) is 13.2. The highest BCUT2D eigenvalue weighted by Crippen LogP contribution is 2.33. The minimum absolute atomic E-state index is 0.182. The van der Waals surface area contributed by atoms with Gasteiger partial charge in [-0.1, -0.05) is 12.1 Å². The molecule has 0 atom stereocenters. The number of hydrogen-bond acceptors (Lipinski definition) is 4. The number of nitrogens with one attached hydrogen (secondary N) is 3. The first-order chi connectivity index (χ1) is 15.0. The van der Waals surface area contributed by atoms with Crippen molar-refractivity contribution in [3.63, 3.8) is 0 Å². The smallest absolute Gasteiger partial charge is 0.368 e. The Morgan fingerprint density at radius 2 is 1.77 bits per heavy atom. The SMILES string of the molecule is CN=C(NCCNc1ncccc1C(F)(F)F)NCCc1ccc(-n2cccn2)cc1. The molecule has 2 heterocycles. The highest BCUT2D eigenvalue weighted by atomic mass is 19.4. The van der Waals surface area contributed by atoms with Crippen LogP contribution in [0.15, 0.2) is 66.0 Å². The maximum atomic E-state index is 13.0. The summed E-state index contributed by atoms with van der Waals surface area (Å²) in [6.07, 6.45) is 1.29. The van der Waals surface area contributed by atoms with Gasteiger partial charge in [-0.05, 0) is 42.3 Å². The average Bonchev–Trinajstić information content (AvgIpc) is 3.30. The Hall–Kier alpha value is -3.56. The largest absolute Gasteiger partial charge is 0.419 e. The molecular formula is C21H24F3N7. The number of aliphatic imine (C=N–C) groups is 1. The van der Waals surface area contributed by atoms with Crippen LogP contribution in [0.2, 0.25) is 0 Å². The number of halogens is 3. The average molecular weight is 431 g/mol. The second-order valence-corrected chi connectivity index (χ2v) is 6.62. The van der Waals surface area contributed by atoms with Gasteiger partial charge in [0, 0.05) is 45.3 Å². The topological polar surface area (TPSA) is 79.2 Å². The zero-order valence-electron chi connectivity index (χ0n) is 17.0. The number of alkyl halides is 3. The molecule has 3 rings (SSSR count). The van der Waals surface area contributed by atoms with Crippen molar-refractivity contribution >= 4 is 11.8 Å². The van der Waals surface area contributed by atoms with E-state index in [-0.39, 0.29) is 12.4 Å². The van der Waals surface area contributed by atoms with Crippen LogP contribution in [0.3, 0.4) is 0 Å². The van der Waals surface area contributed by atoms with Crippen LogP contribution in [0.5, 0.6) is 0 Å². The number of anilines is 1. The molecule has 0 amide bonds. The number of hydrogen-bond donors (Lipinski definition) is 3. The number of rotatable bonds is 8. The second-order valence-electron chi connectivity index (χ2n) is 6.62. The molecule has 10 heteroatoms. The van der Waals surface area contributed by atoms with Crippen molar-refractivity contribution in [1.29, 1.82) is 0 Å². The van der Waals surface area contributed by atoms with E-state index in [1.165, 1.54) is 12.3 Å². The molecule has 7 nitrogen and oxygen atoms in total. The molecule has 3 aromatic rings. The molecule has 0 aliphatic heterocycles. The summed E-state index contributed by atoms with van der Waals surface area (Å²) in [6.45, 7) is 1.30. The summed E-state index contributed by atoms with van der Waals surface area (Å²) >= 11 is 0. The van der Waals surface area contributed by atoms with Gasteiger partial charge in [-0.3, -0.25) is 4.99 Å². The molecule has 0 spiro atoms. The zero-order valence-corrected chi connectivity index (χ0v) is 17.0. The Kier molecular flexibility index (Phi) is 7.47. The lowest BCUT2D eigenvalue weighted by atomic mass is 10.1. The Morgan fingerprint density at radius 1 is 1.00 bits per heavy atom. The Bertz CT molecular complexity index is 967. The summed E-state index contributed by atoms with van der Waals surface area (Å²) in [7, 11) is 1.64. The third-order valence-electron chi connectivity index (χ3n) is 4.46. The molecule has 3 N–H and O–H groups in total. The molecule has 0 radical (unpaired) electrons. The van der Waals surface area contributed by atoms with Gasteiger partial charge in [0.05, 0.1) is 11.3 Å². The quantitative estimate of drug-likeness (QED) is 0.290. The molecule has 0 unspecified atom stereocenters. The fourth-order valence-electron chi connectivity index (χ4n) is 2.92. The van der Waals surface area contributed by atoms with Crippen molar-refractivity contribution < 1.29 is 13.2 Å². The van der Waals surface area contributed by atoms with E-state index >= 15 is 0 Å². The monoisotopic (exact) mass is 431 g/mol. The second kappa shape index (κ2) is 10.5. The van der Waals surface area contributed by atoms with Gasteiger partial charge in [-0.25, -0.2) is 9.67 Å². The van der Waals surface area contributed by atoms with Crippen molar-refractivity contribution in [2.45, 2.75) is 12.6 Å². The van der Waals surface area contributed by atoms with E-state index in [9.17, 15) is 13.2 Å². The fraction of sp³-hybridized carbons (Fsp3) is 0.286. The summed E-state index contributed by atoms with van der Waals surface area (Å²) in [5.41, 5.74) is 1.37. The predicted octanol–water partition coefficient (Wildman–Crippen LogP) is 3.11. The van der Waals surface area contributed by atoms with Gasteiger partial charge in [-0.15, -0.1) is 0 Å². The third-order valence-corrected chi connectivity index (χ3v) is 4.46. The lowest BCUT2D eigenvalue weighted by Gasteiger charge is -2.15. The van der Waals surface area contributed by atoms with Crippen LogP contribution in [-0.2, 0) is 12.6 Å². The minimum Gasteiger partial charge on any atom is -0.368 e. The zero-order chi connectivity index (χ0) is 22.1. The minimum atomic E-state index is -4.45. The standard InChI is InChI=1S/C21H24F3N7/c1-25-20(29-14-13-27-19-18(21(22,23)24)4-2-10-26-19)28-12-9-16-5-7-17(8-6-16)31-15-3-11-30-31/h2-8,10-11,15H,9,12-14H2,1H3,(H,26,27)(H2,25,28,29). The normalized spacial score (nSPS) is 11.9. The third kappa shape index (κ3) is 6.46. The molecule has 0 saturated heterocycles. The first kappa shape index (κ1) is 22.1. The van der Waals surface area contributed by atoms with Gasteiger partial charge in [0.25, 0.3) is 0 Å². The van der Waals surface area contributed by atoms with Crippen LogP contribution < -0.4 is 16.0 Å². The van der Waals surface area contributed by atoms with E-state index in [2.05, 4.69) is 31.0 Å². The van der Waals surface area contributed by atoms with Crippen molar-refractivity contribution in [3.05, 3.63) is 72.2 Å². The van der Waals surface area contributed by atoms with Crippen LogP contribution >= 0.6 is 0 Å². The number of pyridine rings is 1. The van der Waals surface area contributed by atoms with E-state index in [1.54, 1.807) is 17.9 Å². The molecule has 164 valence electrons. The lowest BCUT2D eigenvalue weighted by molar-refractivity contribution is -0.137. The fourth-order valence-corrected chi connectivity index (χ4v) is 2.92. The van der Waals surface area contributed by atoms with Crippen LogP contribution in [0.1, 0.15) is 11.1 Å². The maximum Gasteiger partial charge on any atom is 0.419 e. The van der Waals surface area contributed by atoms with Gasteiger partial charge < -0.3 is 16.0 Å². The molecular weight excluding hydrogens is 407 g/mol. The number of aromatic nitrogens is 3. The molecule has 0 aliphatic rings. The number of nitrogens with zero attached hydrogens (tertiary/aromatic N) is 4. The van der Waals surface area contributed by atoms with Gasteiger partial charge in [0.1, 0.15) is 5.82 Å². The number of benzene rings is 1. The first-order valence-electron chi connectivity index (χ1n) is 9.77. The summed E-state index contributed by atoms with van der Waals surface area (Å²) in [5.74, 6) is 0.394. The van der Waals surface area contributed by atoms with Crippen LogP contribution in [0, 0.1) is 0 Å². The Labute approximate surface area is 178 Å². The summed E-state index contributed by atoms with van der Waals surface area (Å²) < 4.78 is 40.7. The number of guanidine groups is 1. The van der Waals surface area contributed by atoms with Gasteiger partial charge in [0.15, 0.2) is 5.96 Å². The molecule has 0 bridgehead atoms. The molecule has 0 saturated carbocycles. The highest BCUT2D eigenvalue weighted by molar-refractivity contribution is 5.79. The van der Waals surface area contributed by atoms with Crippen molar-refractivity contribution in [3.8, 4) is 5.69 Å². The van der Waals surface area contributed by atoms with E-state index in [4.69, 9.17) is 0 Å². The Balaban J connectivity index is 1.39. The van der Waals surface area contributed by atoms with Gasteiger partial charge in [0.2, 0.25) is 0 Å². The van der Waals surface area contributed by atoms with Crippen molar-refractivity contribution in [2.24, 2.45) is 4.99 Å². The highest BCUT2D eigenvalue weighted by Gasteiger charge is 2.33. The van der Waals surface area contributed by atoms with E-state index in [0.717, 1.165) is 23.7 Å². The first-order valence-corrected chi connectivity index (χ1v) is 9.77. The van der Waals surface area contributed by atoms with Gasteiger partial charge >= 0.3 is 6.18 Å². The van der Waals surface area contributed by atoms with Gasteiger partial charge in [-0.2, -0.15) is 18.3 Å². The molecule has 0 fully saturated rings. The summed E-state index contributed by atoms with van der Waals surface area (Å²) in [6, 6.07) is 12.3. The van der Waals surface area contributed by atoms with Crippen LogP contribution in [0.4, 0.5) is 19.0 Å².